The molecule has 0 amide bonds. The lowest BCUT2D eigenvalue weighted by Gasteiger charge is -2.24. The molecule has 1 heterocycles. The molecule has 1 unspecified atom stereocenters. The molecule has 4 heteroatoms. The second-order valence-electron chi connectivity index (χ2n) is 5.83. The number of amidine groups is 1. The van der Waals surface area contributed by atoms with Gasteiger partial charge in [-0.1, -0.05) is 48.5 Å². The Hall–Kier alpha value is -1.84. The van der Waals surface area contributed by atoms with E-state index in [-0.39, 0.29) is 18.4 Å². The van der Waals surface area contributed by atoms with Gasteiger partial charge in [-0.05, 0) is 37.2 Å². The number of aliphatic imine (C=N–C) groups is 1. The Morgan fingerprint density at radius 3 is 2.55 bits per heavy atom. The Morgan fingerprint density at radius 1 is 1.09 bits per heavy atom. The quantitative estimate of drug-likeness (QED) is 0.945. The molecular weight excluding hydrogens is 294 g/mol. The van der Waals surface area contributed by atoms with Crippen LogP contribution in [0.25, 0.3) is 0 Å². The van der Waals surface area contributed by atoms with Gasteiger partial charge in [0.25, 0.3) is 0 Å². The lowest BCUT2D eigenvalue weighted by Crippen LogP contribution is -2.23. The monoisotopic (exact) mass is 315 g/mol. The van der Waals surface area contributed by atoms with Crippen LogP contribution in [-0.2, 0) is 13.0 Å². The first-order chi connectivity index (χ1) is 10.1. The third-order valence-corrected chi connectivity index (χ3v) is 3.90. The van der Waals surface area contributed by atoms with E-state index in [1.165, 1.54) is 16.7 Å². The van der Waals surface area contributed by atoms with E-state index in [1.807, 2.05) is 6.07 Å². The van der Waals surface area contributed by atoms with E-state index in [2.05, 4.69) is 61.5 Å². The molecule has 2 N–H and O–H groups in total. The topological polar surface area (TPSA) is 41.6 Å². The summed E-state index contributed by atoms with van der Waals surface area (Å²) in [7, 11) is 4.18. The normalized spacial score (nSPS) is 16.7. The molecule has 116 valence electrons. The summed E-state index contributed by atoms with van der Waals surface area (Å²) in [5, 5.41) is 0. The molecule has 0 aliphatic carbocycles. The number of benzene rings is 2. The molecule has 2 aromatic carbocycles. The minimum atomic E-state index is 0. The molecule has 0 spiro atoms. The fraction of sp³-hybridized carbons (Fsp3) is 0.278. The van der Waals surface area contributed by atoms with Crippen LogP contribution in [0.5, 0.6) is 0 Å². The van der Waals surface area contributed by atoms with E-state index in [4.69, 9.17) is 10.7 Å². The van der Waals surface area contributed by atoms with E-state index in [0.29, 0.717) is 5.84 Å². The van der Waals surface area contributed by atoms with Gasteiger partial charge in [0.05, 0.1) is 6.04 Å². The average Bonchev–Trinajstić information content (AvgIpc) is 2.47. The summed E-state index contributed by atoms with van der Waals surface area (Å²) in [5.41, 5.74) is 11.1. The first kappa shape index (κ1) is 16.5. The molecule has 1 aliphatic rings. The molecular formula is C18H22ClN3. The van der Waals surface area contributed by atoms with Crippen molar-refractivity contribution in [1.82, 2.24) is 4.90 Å². The molecule has 0 radical (unpaired) electrons. The zero-order valence-electron chi connectivity index (χ0n) is 13.0. The summed E-state index contributed by atoms with van der Waals surface area (Å²) in [5.74, 6) is 0.654. The van der Waals surface area contributed by atoms with Crippen LogP contribution in [0.15, 0.2) is 53.5 Å². The highest BCUT2D eigenvalue weighted by molar-refractivity contribution is 5.99. The standard InChI is InChI=1S/C18H21N3.ClH/c1-21(2)12-14-8-4-5-9-15(14)17-11-13-7-3-6-10-16(13)18(19)20-17;/h3-10,17H,11-12H2,1-2H3,(H2,19,20);1H. The third-order valence-electron chi connectivity index (χ3n) is 3.90. The van der Waals surface area contributed by atoms with E-state index in [1.54, 1.807) is 0 Å². The summed E-state index contributed by atoms with van der Waals surface area (Å²) in [6.45, 7) is 0.920. The van der Waals surface area contributed by atoms with Crippen LogP contribution in [0.2, 0.25) is 0 Å². The van der Waals surface area contributed by atoms with Crippen molar-refractivity contribution in [2.24, 2.45) is 10.7 Å². The zero-order valence-corrected chi connectivity index (χ0v) is 13.8. The van der Waals surface area contributed by atoms with Crippen LogP contribution < -0.4 is 5.73 Å². The SMILES string of the molecule is CN(C)Cc1ccccc1C1Cc2ccccc2C(N)=N1.Cl. The van der Waals surface area contributed by atoms with Crippen LogP contribution in [0, 0.1) is 0 Å². The van der Waals surface area contributed by atoms with Gasteiger partial charge in [-0.25, -0.2) is 0 Å². The maximum absolute atomic E-state index is 6.16. The largest absolute Gasteiger partial charge is 0.383 e. The maximum atomic E-state index is 6.16. The number of hydrogen-bond acceptors (Lipinski definition) is 3. The molecule has 0 fully saturated rings. The first-order valence-electron chi connectivity index (χ1n) is 7.29. The number of halogens is 1. The Kier molecular flexibility index (Phi) is 5.22. The number of hydrogen-bond donors (Lipinski definition) is 1. The molecule has 1 aliphatic heterocycles. The summed E-state index contributed by atoms with van der Waals surface area (Å²) < 4.78 is 0. The summed E-state index contributed by atoms with van der Waals surface area (Å²) >= 11 is 0. The molecule has 3 rings (SSSR count). The number of fused-ring (bicyclic) bond motifs is 1. The van der Waals surface area contributed by atoms with Crippen molar-refractivity contribution in [3.63, 3.8) is 0 Å². The predicted molar refractivity (Wildman–Crippen MR) is 94.7 cm³/mol. The second kappa shape index (κ2) is 6.95. The molecule has 22 heavy (non-hydrogen) atoms. The average molecular weight is 316 g/mol. The van der Waals surface area contributed by atoms with Crippen molar-refractivity contribution in [1.29, 1.82) is 0 Å². The minimum Gasteiger partial charge on any atom is -0.383 e. The van der Waals surface area contributed by atoms with E-state index in [0.717, 1.165) is 18.5 Å². The molecule has 0 bridgehead atoms. The Bertz CT molecular complexity index is 680. The van der Waals surface area contributed by atoms with Crippen molar-refractivity contribution >= 4 is 18.2 Å². The van der Waals surface area contributed by atoms with Gasteiger partial charge in [0.1, 0.15) is 5.84 Å². The highest BCUT2D eigenvalue weighted by atomic mass is 35.5. The fourth-order valence-corrected chi connectivity index (χ4v) is 2.96. The lowest BCUT2D eigenvalue weighted by atomic mass is 9.90. The van der Waals surface area contributed by atoms with Crippen LogP contribution in [-0.4, -0.2) is 24.8 Å². The molecule has 3 nitrogen and oxygen atoms in total. The summed E-state index contributed by atoms with van der Waals surface area (Å²) in [4.78, 5) is 6.92. The van der Waals surface area contributed by atoms with Crippen LogP contribution in [0.3, 0.4) is 0 Å². The van der Waals surface area contributed by atoms with Gasteiger partial charge < -0.3 is 10.6 Å². The third kappa shape index (κ3) is 3.32. The first-order valence-corrected chi connectivity index (χ1v) is 7.29. The van der Waals surface area contributed by atoms with Crippen LogP contribution in [0.4, 0.5) is 0 Å². The minimum absolute atomic E-state index is 0. The van der Waals surface area contributed by atoms with Gasteiger partial charge in [-0.3, -0.25) is 4.99 Å². The molecule has 1 atom stereocenters. The smallest absolute Gasteiger partial charge is 0.126 e. The lowest BCUT2D eigenvalue weighted by molar-refractivity contribution is 0.399. The Labute approximate surface area is 138 Å². The fourth-order valence-electron chi connectivity index (χ4n) is 2.96. The highest BCUT2D eigenvalue weighted by Gasteiger charge is 2.22. The van der Waals surface area contributed by atoms with Crippen molar-refractivity contribution in [2.45, 2.75) is 19.0 Å². The highest BCUT2D eigenvalue weighted by Crippen LogP contribution is 2.31. The van der Waals surface area contributed by atoms with Crippen molar-refractivity contribution in [3.05, 3.63) is 70.8 Å². The van der Waals surface area contributed by atoms with Gasteiger partial charge in [-0.15, -0.1) is 12.4 Å². The summed E-state index contributed by atoms with van der Waals surface area (Å²) in [6.07, 6.45) is 0.918. The van der Waals surface area contributed by atoms with Gasteiger partial charge in [0.15, 0.2) is 0 Å². The number of nitrogens with two attached hydrogens (primary N) is 1. The van der Waals surface area contributed by atoms with Gasteiger partial charge in [0.2, 0.25) is 0 Å². The van der Waals surface area contributed by atoms with E-state index >= 15 is 0 Å². The van der Waals surface area contributed by atoms with Crippen LogP contribution >= 0.6 is 12.4 Å². The van der Waals surface area contributed by atoms with Gasteiger partial charge in [0, 0.05) is 12.1 Å². The maximum Gasteiger partial charge on any atom is 0.126 e. The Balaban J connectivity index is 0.00000176. The Morgan fingerprint density at radius 2 is 1.77 bits per heavy atom. The predicted octanol–water partition coefficient (Wildman–Crippen LogP) is 3.17. The molecule has 0 saturated heterocycles. The van der Waals surface area contributed by atoms with Crippen molar-refractivity contribution in [2.75, 3.05) is 14.1 Å². The van der Waals surface area contributed by atoms with Crippen molar-refractivity contribution < 1.29 is 0 Å². The molecule has 0 aromatic heterocycles. The second-order valence-corrected chi connectivity index (χ2v) is 5.83. The van der Waals surface area contributed by atoms with Crippen LogP contribution in [0.1, 0.15) is 28.3 Å². The van der Waals surface area contributed by atoms with Gasteiger partial charge in [-0.2, -0.15) is 0 Å². The summed E-state index contributed by atoms with van der Waals surface area (Å²) in [6, 6.07) is 16.9. The van der Waals surface area contributed by atoms with E-state index < -0.39 is 0 Å². The van der Waals surface area contributed by atoms with Gasteiger partial charge >= 0.3 is 0 Å². The molecule has 0 saturated carbocycles. The van der Waals surface area contributed by atoms with E-state index in [9.17, 15) is 0 Å². The number of nitrogens with zero attached hydrogens (tertiary/aromatic N) is 2. The zero-order chi connectivity index (χ0) is 14.8. The number of rotatable bonds is 3. The molecule has 2 aromatic rings. The van der Waals surface area contributed by atoms with Crippen molar-refractivity contribution in [3.8, 4) is 0 Å².